The second-order valence-electron chi connectivity index (χ2n) is 7.54. The van der Waals surface area contributed by atoms with E-state index in [4.69, 9.17) is 21.4 Å². The van der Waals surface area contributed by atoms with E-state index in [-0.39, 0.29) is 10.8 Å². The Balaban J connectivity index is 1.65. The summed E-state index contributed by atoms with van der Waals surface area (Å²) in [7, 11) is 0. The maximum Gasteiger partial charge on any atom is 0.341 e. The highest BCUT2D eigenvalue weighted by Crippen LogP contribution is 2.64. The van der Waals surface area contributed by atoms with Gasteiger partial charge in [-0.15, -0.1) is 11.8 Å². The quantitative estimate of drug-likeness (QED) is 0.770. The molecule has 0 saturated heterocycles. The third-order valence-electron chi connectivity index (χ3n) is 6.12. The summed E-state index contributed by atoms with van der Waals surface area (Å²) in [6.07, 6.45) is 3.72. The predicted molar refractivity (Wildman–Crippen MR) is 105 cm³/mol. The number of carboxylic acid groups (broad SMARTS) is 1. The van der Waals surface area contributed by atoms with Crippen molar-refractivity contribution in [2.75, 3.05) is 6.61 Å². The Morgan fingerprint density at radius 2 is 2.15 bits per heavy atom. The Labute approximate surface area is 169 Å². The van der Waals surface area contributed by atoms with Gasteiger partial charge in [0, 0.05) is 26.6 Å². The topological polar surface area (TPSA) is 79.4 Å². The highest BCUT2D eigenvalue weighted by Gasteiger charge is 2.55. The van der Waals surface area contributed by atoms with Gasteiger partial charge in [-0.2, -0.15) is 0 Å². The van der Waals surface area contributed by atoms with E-state index in [2.05, 4.69) is 4.98 Å². The average Bonchev–Trinajstić information content (AvgIpc) is 3.32. The number of thiazole rings is 1. The van der Waals surface area contributed by atoms with Gasteiger partial charge in [0.15, 0.2) is 6.61 Å². The summed E-state index contributed by atoms with van der Waals surface area (Å²) in [6, 6.07) is 5.36. The fourth-order valence-corrected chi connectivity index (χ4v) is 8.30. The number of thioether (sulfide) groups is 1. The molecule has 2 heterocycles. The summed E-state index contributed by atoms with van der Waals surface area (Å²) in [6.45, 7) is -0.396. The van der Waals surface area contributed by atoms with Crippen molar-refractivity contribution in [2.24, 2.45) is 17.8 Å². The number of rotatable bonds is 4. The van der Waals surface area contributed by atoms with E-state index < -0.39 is 12.6 Å². The molecular weight excluding hydrogens is 406 g/mol. The summed E-state index contributed by atoms with van der Waals surface area (Å²) in [5.41, 5.74) is 0.906. The fourth-order valence-electron chi connectivity index (χ4n) is 5.23. The molecule has 2 bridgehead atoms. The molecule has 5 rings (SSSR count). The van der Waals surface area contributed by atoms with Gasteiger partial charge in [-0.1, -0.05) is 22.9 Å². The van der Waals surface area contributed by atoms with Gasteiger partial charge >= 0.3 is 10.8 Å². The van der Waals surface area contributed by atoms with E-state index in [1.807, 2.05) is 17.8 Å². The highest BCUT2D eigenvalue weighted by atomic mass is 35.5. The molecule has 0 radical (unpaired) electrons. The van der Waals surface area contributed by atoms with Crippen LogP contribution in [0.15, 0.2) is 28.0 Å². The number of aromatic amines is 1. The van der Waals surface area contributed by atoms with Crippen molar-refractivity contribution in [2.45, 2.75) is 35.5 Å². The van der Waals surface area contributed by atoms with Gasteiger partial charge in [0.1, 0.15) is 5.75 Å². The van der Waals surface area contributed by atoms with E-state index in [0.29, 0.717) is 33.8 Å². The molecule has 3 aliphatic rings. The molecule has 27 heavy (non-hydrogen) atoms. The molecule has 2 aliphatic carbocycles. The number of carbonyl (C=O) groups is 1. The first-order valence-corrected chi connectivity index (χ1v) is 11.1. The van der Waals surface area contributed by atoms with Crippen molar-refractivity contribution in [1.82, 2.24) is 4.98 Å². The maximum atomic E-state index is 12.1. The number of hydrogen-bond donors (Lipinski definition) is 2. The Kier molecular flexibility index (Phi) is 4.29. The summed E-state index contributed by atoms with van der Waals surface area (Å²) >= 11 is 9.40. The van der Waals surface area contributed by atoms with Crippen LogP contribution in [-0.4, -0.2) is 27.9 Å². The molecule has 0 unspecified atom stereocenters. The summed E-state index contributed by atoms with van der Waals surface area (Å²) in [5, 5.41) is 11.1. The number of benzene rings is 1. The molecule has 1 aromatic carbocycles. The van der Waals surface area contributed by atoms with Crippen molar-refractivity contribution in [3.05, 3.63) is 43.3 Å². The minimum atomic E-state index is -1.01. The first-order chi connectivity index (χ1) is 13.0. The summed E-state index contributed by atoms with van der Waals surface area (Å²) in [5.74, 6) is 1.30. The standard InChI is InChI=1S/C19H18ClNO4S2/c20-10-3-4-12(25-7-13(22)23)11(6-10)15-14-8-1-2-9(5-8)16(14)26-18-17(15)27-19(24)21-18/h3-4,6,8-9,14-16H,1-2,5,7H2,(H,21,24)(H,22,23)/t8-,9+,14+,15+,16-/m0/s1. The smallest absolute Gasteiger partial charge is 0.341 e. The van der Waals surface area contributed by atoms with E-state index in [1.165, 1.54) is 30.6 Å². The molecule has 2 saturated carbocycles. The predicted octanol–water partition coefficient (Wildman–Crippen LogP) is 4.21. The molecule has 1 aliphatic heterocycles. The van der Waals surface area contributed by atoms with E-state index in [1.54, 1.807) is 12.1 Å². The van der Waals surface area contributed by atoms with Crippen LogP contribution >= 0.6 is 34.7 Å². The lowest BCUT2D eigenvalue weighted by Crippen LogP contribution is -2.34. The van der Waals surface area contributed by atoms with Crippen molar-refractivity contribution in [3.8, 4) is 5.75 Å². The number of fused-ring (bicyclic) bond motifs is 6. The van der Waals surface area contributed by atoms with Crippen LogP contribution in [0.5, 0.6) is 5.75 Å². The highest BCUT2D eigenvalue weighted by molar-refractivity contribution is 8.00. The SMILES string of the molecule is O=C(O)COc1ccc(Cl)cc1[C@H]1c2sc(=O)[nH]c2S[C@H]2[C@@H]3CC[C@@H](C3)[C@H]12. The molecule has 0 spiro atoms. The summed E-state index contributed by atoms with van der Waals surface area (Å²) in [4.78, 5) is 27.1. The maximum absolute atomic E-state index is 12.1. The third kappa shape index (κ3) is 2.91. The fraction of sp³-hybridized carbons (Fsp3) is 0.474. The lowest BCUT2D eigenvalue weighted by atomic mass is 9.74. The molecule has 142 valence electrons. The molecule has 0 amide bonds. The van der Waals surface area contributed by atoms with Gasteiger partial charge in [0.2, 0.25) is 0 Å². The Morgan fingerprint density at radius 3 is 2.96 bits per heavy atom. The normalized spacial score (nSPS) is 30.8. The number of halogens is 1. The first-order valence-electron chi connectivity index (χ1n) is 9.05. The Hall–Kier alpha value is -1.44. The molecule has 2 fully saturated rings. The lowest BCUT2D eigenvalue weighted by Gasteiger charge is -2.40. The van der Waals surface area contributed by atoms with E-state index in [9.17, 15) is 9.59 Å². The van der Waals surface area contributed by atoms with Gasteiger partial charge in [-0.05, 0) is 55.2 Å². The largest absolute Gasteiger partial charge is 0.482 e. The lowest BCUT2D eigenvalue weighted by molar-refractivity contribution is -0.139. The average molecular weight is 424 g/mol. The van der Waals surface area contributed by atoms with Crippen LogP contribution in [-0.2, 0) is 4.79 Å². The molecule has 8 heteroatoms. The van der Waals surface area contributed by atoms with Crippen molar-refractivity contribution < 1.29 is 14.6 Å². The molecule has 2 N–H and O–H groups in total. The van der Waals surface area contributed by atoms with Gasteiger partial charge in [0.25, 0.3) is 0 Å². The van der Waals surface area contributed by atoms with E-state index in [0.717, 1.165) is 15.5 Å². The Bertz CT molecular complexity index is 971. The minimum absolute atomic E-state index is 0.0213. The van der Waals surface area contributed by atoms with Crippen molar-refractivity contribution in [3.63, 3.8) is 0 Å². The van der Waals surface area contributed by atoms with Gasteiger partial charge in [-0.3, -0.25) is 4.79 Å². The van der Waals surface area contributed by atoms with Crippen LogP contribution in [0, 0.1) is 17.8 Å². The van der Waals surface area contributed by atoms with Crippen LogP contribution < -0.4 is 9.61 Å². The number of aliphatic carboxylic acids is 1. The number of H-pyrrole nitrogens is 1. The van der Waals surface area contributed by atoms with Gasteiger partial charge < -0.3 is 14.8 Å². The van der Waals surface area contributed by atoms with Gasteiger partial charge in [0.05, 0.1) is 5.03 Å². The molecular formula is C19H18ClNO4S2. The van der Waals surface area contributed by atoms with Crippen LogP contribution in [0.2, 0.25) is 5.02 Å². The molecule has 2 aromatic rings. The van der Waals surface area contributed by atoms with Gasteiger partial charge in [-0.25, -0.2) is 4.79 Å². The Morgan fingerprint density at radius 1 is 1.33 bits per heavy atom. The zero-order valence-electron chi connectivity index (χ0n) is 14.3. The minimum Gasteiger partial charge on any atom is -0.482 e. The molecule has 5 nitrogen and oxygen atoms in total. The number of nitrogens with one attached hydrogen (secondary N) is 1. The number of hydrogen-bond acceptors (Lipinski definition) is 5. The zero-order chi connectivity index (χ0) is 18.7. The first kappa shape index (κ1) is 17.6. The number of ether oxygens (including phenoxy) is 1. The van der Waals surface area contributed by atoms with Crippen molar-refractivity contribution >= 4 is 40.7 Å². The van der Waals surface area contributed by atoms with E-state index >= 15 is 0 Å². The van der Waals surface area contributed by atoms with Crippen LogP contribution in [0.1, 0.15) is 35.6 Å². The van der Waals surface area contributed by atoms with Crippen molar-refractivity contribution in [1.29, 1.82) is 0 Å². The number of aromatic nitrogens is 1. The third-order valence-corrected chi connectivity index (χ3v) is 8.98. The number of carboxylic acids is 1. The van der Waals surface area contributed by atoms with Crippen LogP contribution in [0.3, 0.4) is 0 Å². The molecule has 1 aromatic heterocycles. The second kappa shape index (κ2) is 6.57. The molecule has 5 atom stereocenters. The zero-order valence-corrected chi connectivity index (χ0v) is 16.7. The summed E-state index contributed by atoms with van der Waals surface area (Å²) < 4.78 is 5.61. The van der Waals surface area contributed by atoms with Crippen LogP contribution in [0.4, 0.5) is 0 Å². The monoisotopic (exact) mass is 423 g/mol. The second-order valence-corrected chi connectivity index (χ2v) is 10.2. The van der Waals surface area contributed by atoms with Crippen LogP contribution in [0.25, 0.3) is 0 Å².